The zero-order chi connectivity index (χ0) is 20.8. The molecule has 2 aromatic carbocycles. The molecular formula is C19H17ClF2O5S. The summed E-state index contributed by atoms with van der Waals surface area (Å²) in [5.41, 5.74) is 0.547. The van der Waals surface area contributed by atoms with Gasteiger partial charge in [-0.05, 0) is 41.0 Å². The highest BCUT2D eigenvalue weighted by Crippen LogP contribution is 2.44. The summed E-state index contributed by atoms with van der Waals surface area (Å²) in [4.78, 5) is 11.2. The van der Waals surface area contributed by atoms with Gasteiger partial charge in [0.1, 0.15) is 18.1 Å². The van der Waals surface area contributed by atoms with Crippen LogP contribution in [-0.4, -0.2) is 31.9 Å². The van der Waals surface area contributed by atoms with Crippen LogP contribution in [0.1, 0.15) is 41.4 Å². The lowest BCUT2D eigenvalue weighted by atomic mass is 9.94. The molecule has 150 valence electrons. The number of hydrogen-bond donors (Lipinski definition) is 1. The summed E-state index contributed by atoms with van der Waals surface area (Å²) in [7, 11) is -3.76. The summed E-state index contributed by atoms with van der Waals surface area (Å²) in [6, 6.07) is 6.09. The van der Waals surface area contributed by atoms with Crippen LogP contribution in [0.5, 0.6) is 0 Å². The van der Waals surface area contributed by atoms with Gasteiger partial charge in [-0.15, -0.1) is 0 Å². The van der Waals surface area contributed by atoms with Crippen LogP contribution in [0.3, 0.4) is 0 Å². The number of benzene rings is 2. The molecule has 5 nitrogen and oxygen atoms in total. The van der Waals surface area contributed by atoms with Crippen LogP contribution in [0.25, 0.3) is 0 Å². The molecule has 2 aromatic rings. The molecule has 0 heterocycles. The average Bonchev–Trinajstić information content (AvgIpc) is 2.87. The highest BCUT2D eigenvalue weighted by Gasteiger charge is 2.41. The lowest BCUT2D eigenvalue weighted by Crippen LogP contribution is -2.17. The maximum absolute atomic E-state index is 14.6. The summed E-state index contributed by atoms with van der Waals surface area (Å²) in [6.45, 7) is 1.10. The van der Waals surface area contributed by atoms with Gasteiger partial charge in [0.05, 0.1) is 4.90 Å². The van der Waals surface area contributed by atoms with Crippen LogP contribution in [-0.2, 0) is 25.8 Å². The summed E-state index contributed by atoms with van der Waals surface area (Å²) in [5.74, 6) is -1.42. The Balaban J connectivity index is 2.20. The molecule has 0 unspecified atom stereocenters. The first-order valence-corrected chi connectivity index (χ1v) is 10.6. The maximum atomic E-state index is 14.6. The second kappa shape index (κ2) is 7.42. The lowest BCUT2D eigenvalue weighted by molar-refractivity contribution is -0.149. The SMILES string of the molecule is CC(=O)O[C@H]1c2c(S(C)(=O)=O)ccc([C@H](O)c3cc(F)cc(Cl)c3)c2C[C@H]1F. The van der Waals surface area contributed by atoms with Crippen LogP contribution in [0, 0.1) is 5.82 Å². The Morgan fingerprint density at radius 1 is 1.32 bits per heavy atom. The molecule has 3 atom stereocenters. The number of ether oxygens (including phenoxy) is 1. The zero-order valence-corrected chi connectivity index (χ0v) is 16.5. The summed E-state index contributed by atoms with van der Waals surface area (Å²) in [5, 5.41) is 10.8. The highest BCUT2D eigenvalue weighted by atomic mass is 35.5. The van der Waals surface area contributed by atoms with E-state index in [1.807, 2.05) is 0 Å². The van der Waals surface area contributed by atoms with Gasteiger partial charge in [0.2, 0.25) is 0 Å². The molecule has 0 radical (unpaired) electrons. The molecular weight excluding hydrogens is 414 g/mol. The average molecular weight is 431 g/mol. The minimum atomic E-state index is -3.76. The van der Waals surface area contributed by atoms with E-state index in [2.05, 4.69) is 0 Å². The van der Waals surface area contributed by atoms with Gasteiger partial charge in [-0.1, -0.05) is 17.7 Å². The Morgan fingerprint density at radius 2 is 2.00 bits per heavy atom. The van der Waals surface area contributed by atoms with E-state index in [4.69, 9.17) is 16.3 Å². The van der Waals surface area contributed by atoms with Gasteiger partial charge in [-0.3, -0.25) is 4.79 Å². The van der Waals surface area contributed by atoms with Gasteiger partial charge in [-0.2, -0.15) is 0 Å². The Morgan fingerprint density at radius 3 is 2.57 bits per heavy atom. The summed E-state index contributed by atoms with van der Waals surface area (Å²) in [6.07, 6.45) is -3.75. The van der Waals surface area contributed by atoms with E-state index in [1.54, 1.807) is 0 Å². The molecule has 0 aromatic heterocycles. The van der Waals surface area contributed by atoms with Gasteiger partial charge in [0.25, 0.3) is 0 Å². The summed E-state index contributed by atoms with van der Waals surface area (Å²) < 4.78 is 57.7. The van der Waals surface area contributed by atoms with Crippen molar-refractivity contribution in [3.8, 4) is 0 Å². The quantitative estimate of drug-likeness (QED) is 0.751. The second-order valence-corrected chi connectivity index (χ2v) is 9.09. The number of aliphatic hydroxyl groups is 1. The largest absolute Gasteiger partial charge is 0.454 e. The number of rotatable bonds is 4. The molecule has 0 fully saturated rings. The van der Waals surface area contributed by atoms with Crippen molar-refractivity contribution in [2.45, 2.75) is 36.6 Å². The number of alkyl halides is 1. The van der Waals surface area contributed by atoms with Gasteiger partial charge in [0.15, 0.2) is 15.9 Å². The first kappa shape index (κ1) is 20.7. The minimum Gasteiger partial charge on any atom is -0.454 e. The van der Waals surface area contributed by atoms with Crippen molar-refractivity contribution in [2.75, 3.05) is 6.26 Å². The molecule has 28 heavy (non-hydrogen) atoms. The maximum Gasteiger partial charge on any atom is 0.303 e. The third kappa shape index (κ3) is 3.90. The molecule has 0 spiro atoms. The van der Waals surface area contributed by atoms with Crippen molar-refractivity contribution in [1.82, 2.24) is 0 Å². The fraction of sp³-hybridized carbons (Fsp3) is 0.316. The second-order valence-electron chi connectivity index (χ2n) is 6.67. The third-order valence-corrected chi connectivity index (χ3v) is 5.93. The topological polar surface area (TPSA) is 80.7 Å². The van der Waals surface area contributed by atoms with E-state index < -0.39 is 40.0 Å². The number of esters is 1. The Bertz CT molecular complexity index is 1030. The number of sulfone groups is 1. The molecule has 0 bridgehead atoms. The predicted octanol–water partition coefficient (Wildman–Crippen LogP) is 3.46. The van der Waals surface area contributed by atoms with Crippen molar-refractivity contribution >= 4 is 27.4 Å². The van der Waals surface area contributed by atoms with Crippen LogP contribution in [0.4, 0.5) is 8.78 Å². The molecule has 1 N–H and O–H groups in total. The van der Waals surface area contributed by atoms with Crippen molar-refractivity contribution in [3.05, 3.63) is 63.4 Å². The van der Waals surface area contributed by atoms with E-state index in [1.165, 1.54) is 18.2 Å². The van der Waals surface area contributed by atoms with E-state index in [0.29, 0.717) is 0 Å². The van der Waals surface area contributed by atoms with Crippen molar-refractivity contribution in [1.29, 1.82) is 0 Å². The van der Waals surface area contributed by atoms with Crippen LogP contribution >= 0.6 is 11.6 Å². The molecule has 3 rings (SSSR count). The molecule has 0 amide bonds. The molecule has 0 saturated heterocycles. The molecule has 0 aliphatic heterocycles. The van der Waals surface area contributed by atoms with Gasteiger partial charge < -0.3 is 9.84 Å². The highest BCUT2D eigenvalue weighted by molar-refractivity contribution is 7.90. The lowest BCUT2D eigenvalue weighted by Gasteiger charge is -2.20. The normalized spacial score (nSPS) is 19.9. The molecule has 9 heteroatoms. The third-order valence-electron chi connectivity index (χ3n) is 4.55. The number of hydrogen-bond acceptors (Lipinski definition) is 5. The van der Waals surface area contributed by atoms with Crippen LogP contribution < -0.4 is 0 Å². The predicted molar refractivity (Wildman–Crippen MR) is 98.1 cm³/mol. The minimum absolute atomic E-state index is 0.00394. The van der Waals surface area contributed by atoms with Gasteiger partial charge in [-0.25, -0.2) is 17.2 Å². The summed E-state index contributed by atoms with van der Waals surface area (Å²) >= 11 is 5.84. The fourth-order valence-corrected chi connectivity index (χ4v) is 4.67. The number of carbonyl (C=O) groups is 1. The van der Waals surface area contributed by atoms with E-state index >= 15 is 0 Å². The molecule has 1 aliphatic carbocycles. The standard InChI is InChI=1S/C19H17ClF2O5S/c1-9(23)27-19-15(22)8-14-13(3-4-16(17(14)19)28(2,25)26)18(24)10-5-11(20)7-12(21)6-10/h3-7,15,18-19,24H,8H2,1-2H3/t15-,18-,19-/m1/s1. The Kier molecular flexibility index (Phi) is 5.49. The Hall–Kier alpha value is -2.03. The van der Waals surface area contributed by atoms with Crippen molar-refractivity contribution in [2.24, 2.45) is 0 Å². The van der Waals surface area contributed by atoms with E-state index in [9.17, 15) is 27.1 Å². The van der Waals surface area contributed by atoms with Crippen LogP contribution in [0.2, 0.25) is 5.02 Å². The van der Waals surface area contributed by atoms with E-state index in [0.717, 1.165) is 25.3 Å². The van der Waals surface area contributed by atoms with Crippen molar-refractivity contribution < 1.29 is 31.8 Å². The van der Waals surface area contributed by atoms with Crippen molar-refractivity contribution in [3.63, 3.8) is 0 Å². The fourth-order valence-electron chi connectivity index (χ4n) is 3.49. The smallest absolute Gasteiger partial charge is 0.303 e. The van der Waals surface area contributed by atoms with Gasteiger partial charge in [0, 0.05) is 30.2 Å². The zero-order valence-electron chi connectivity index (χ0n) is 14.9. The molecule has 1 aliphatic rings. The van der Waals surface area contributed by atoms with Gasteiger partial charge >= 0.3 is 5.97 Å². The first-order valence-electron chi connectivity index (χ1n) is 8.30. The number of fused-ring (bicyclic) bond motifs is 1. The first-order chi connectivity index (χ1) is 13.0. The monoisotopic (exact) mass is 430 g/mol. The number of aliphatic hydroxyl groups excluding tert-OH is 1. The Labute approximate surface area is 165 Å². The number of carbonyl (C=O) groups excluding carboxylic acids is 1. The van der Waals surface area contributed by atoms with E-state index in [-0.39, 0.29) is 38.6 Å². The van der Waals surface area contributed by atoms with Crippen LogP contribution in [0.15, 0.2) is 35.2 Å². The number of halogens is 3. The molecule has 0 saturated carbocycles.